The van der Waals surface area contributed by atoms with Gasteiger partial charge in [-0.1, -0.05) is 60.9 Å². The second kappa shape index (κ2) is 10.3. The second-order valence-corrected chi connectivity index (χ2v) is 8.67. The van der Waals surface area contributed by atoms with E-state index < -0.39 is 5.54 Å². The number of carbonyl (C=O) groups excluding carboxylic acids is 2. The molecular weight excluding hydrogens is 382 g/mol. The summed E-state index contributed by atoms with van der Waals surface area (Å²) in [6.07, 6.45) is 3.26. The van der Waals surface area contributed by atoms with Crippen LogP contribution in [0.1, 0.15) is 36.8 Å². The van der Waals surface area contributed by atoms with Crippen molar-refractivity contribution in [1.82, 2.24) is 16.0 Å². The number of thioether (sulfide) groups is 1. The van der Waals surface area contributed by atoms with Gasteiger partial charge in [0.2, 0.25) is 5.91 Å². The van der Waals surface area contributed by atoms with Crippen LogP contribution in [0, 0.1) is 6.92 Å². The fraction of sp³-hybridized carbons (Fsp3) is 0.391. The highest BCUT2D eigenvalue weighted by Gasteiger charge is 2.42. The Hall–Kier alpha value is -2.47. The highest BCUT2D eigenvalue weighted by molar-refractivity contribution is 7.99. The zero-order valence-electron chi connectivity index (χ0n) is 16.9. The first-order valence-electron chi connectivity index (χ1n) is 10.2. The zero-order chi connectivity index (χ0) is 20.5. The molecule has 0 heterocycles. The third-order valence-electron chi connectivity index (χ3n) is 5.22. The molecule has 0 radical (unpaired) electrons. The summed E-state index contributed by atoms with van der Waals surface area (Å²) in [5, 5.41) is 8.85. The standard InChI is InChI=1S/C23H29N3O2S/c1-18-9-11-20(12-10-18)29-16-15-24-21(27)23(13-5-6-14-23)26-22(28)25-17-19-7-3-2-4-8-19/h2-4,7-12H,5-6,13-17H2,1H3,(H,24,27)(H2,25,26,28). The van der Waals surface area contributed by atoms with E-state index in [4.69, 9.17) is 0 Å². The Morgan fingerprint density at radius 3 is 2.34 bits per heavy atom. The molecule has 0 saturated heterocycles. The van der Waals surface area contributed by atoms with Crippen molar-refractivity contribution >= 4 is 23.7 Å². The number of benzene rings is 2. The Kier molecular flexibility index (Phi) is 7.58. The minimum Gasteiger partial charge on any atom is -0.353 e. The normalized spacial score (nSPS) is 14.9. The van der Waals surface area contributed by atoms with Crippen LogP contribution in [-0.2, 0) is 11.3 Å². The summed E-state index contributed by atoms with van der Waals surface area (Å²) in [6, 6.07) is 17.8. The van der Waals surface area contributed by atoms with E-state index in [0.717, 1.165) is 24.2 Å². The van der Waals surface area contributed by atoms with Gasteiger partial charge in [-0.3, -0.25) is 4.79 Å². The highest BCUT2D eigenvalue weighted by Crippen LogP contribution is 2.30. The number of nitrogens with one attached hydrogen (secondary N) is 3. The Morgan fingerprint density at radius 1 is 0.966 bits per heavy atom. The van der Waals surface area contributed by atoms with Gasteiger partial charge in [0.05, 0.1) is 0 Å². The molecule has 1 fully saturated rings. The third-order valence-corrected chi connectivity index (χ3v) is 6.23. The first-order chi connectivity index (χ1) is 14.1. The Labute approximate surface area is 177 Å². The molecule has 2 aromatic carbocycles. The van der Waals surface area contributed by atoms with Crippen LogP contribution in [0.5, 0.6) is 0 Å². The average Bonchev–Trinajstić information content (AvgIpc) is 3.21. The van der Waals surface area contributed by atoms with Crippen LogP contribution >= 0.6 is 11.8 Å². The molecule has 154 valence electrons. The number of carbonyl (C=O) groups is 2. The van der Waals surface area contributed by atoms with Crippen molar-refractivity contribution in [2.75, 3.05) is 12.3 Å². The van der Waals surface area contributed by atoms with Gasteiger partial charge in [-0.05, 0) is 37.5 Å². The summed E-state index contributed by atoms with van der Waals surface area (Å²) < 4.78 is 0. The topological polar surface area (TPSA) is 70.2 Å². The van der Waals surface area contributed by atoms with E-state index in [1.807, 2.05) is 30.3 Å². The summed E-state index contributed by atoms with van der Waals surface area (Å²) in [7, 11) is 0. The monoisotopic (exact) mass is 411 g/mol. The van der Waals surface area contributed by atoms with E-state index in [2.05, 4.69) is 47.1 Å². The van der Waals surface area contributed by atoms with Gasteiger partial charge in [0, 0.05) is 23.7 Å². The summed E-state index contributed by atoms with van der Waals surface area (Å²) >= 11 is 1.72. The largest absolute Gasteiger partial charge is 0.353 e. The van der Waals surface area contributed by atoms with Crippen LogP contribution in [-0.4, -0.2) is 29.8 Å². The van der Waals surface area contributed by atoms with Crippen LogP contribution in [0.15, 0.2) is 59.5 Å². The van der Waals surface area contributed by atoms with E-state index in [0.29, 0.717) is 25.9 Å². The zero-order valence-corrected chi connectivity index (χ0v) is 17.7. The Morgan fingerprint density at radius 2 is 1.66 bits per heavy atom. The molecule has 2 aromatic rings. The molecule has 5 nitrogen and oxygen atoms in total. The van der Waals surface area contributed by atoms with Crippen LogP contribution in [0.4, 0.5) is 4.79 Å². The molecule has 1 saturated carbocycles. The maximum Gasteiger partial charge on any atom is 0.315 e. The van der Waals surface area contributed by atoms with Crippen LogP contribution in [0.25, 0.3) is 0 Å². The van der Waals surface area contributed by atoms with Crippen molar-refractivity contribution in [1.29, 1.82) is 0 Å². The first kappa shape index (κ1) is 21.2. The lowest BCUT2D eigenvalue weighted by atomic mass is 9.96. The second-order valence-electron chi connectivity index (χ2n) is 7.50. The molecule has 3 amide bonds. The predicted molar refractivity (Wildman–Crippen MR) is 118 cm³/mol. The fourth-order valence-electron chi connectivity index (χ4n) is 3.56. The molecular formula is C23H29N3O2S. The Bertz CT molecular complexity index is 803. The number of urea groups is 1. The molecule has 3 rings (SSSR count). The van der Waals surface area contributed by atoms with Crippen molar-refractivity contribution in [2.24, 2.45) is 0 Å². The molecule has 0 spiro atoms. The van der Waals surface area contributed by atoms with Crippen molar-refractivity contribution in [2.45, 2.75) is 49.6 Å². The average molecular weight is 412 g/mol. The maximum absolute atomic E-state index is 12.9. The highest BCUT2D eigenvalue weighted by atomic mass is 32.2. The number of aryl methyl sites for hydroxylation is 1. The quantitative estimate of drug-likeness (QED) is 0.454. The maximum atomic E-state index is 12.9. The van der Waals surface area contributed by atoms with Gasteiger partial charge in [0.25, 0.3) is 0 Å². The van der Waals surface area contributed by atoms with E-state index in [1.54, 1.807) is 11.8 Å². The summed E-state index contributed by atoms with van der Waals surface area (Å²) in [5.41, 5.74) is 1.47. The molecule has 0 unspecified atom stereocenters. The van der Waals surface area contributed by atoms with Gasteiger partial charge in [-0.25, -0.2) is 4.79 Å². The Balaban J connectivity index is 1.46. The molecule has 6 heteroatoms. The molecule has 1 aliphatic carbocycles. The predicted octanol–water partition coefficient (Wildman–Crippen LogP) is 4.02. The molecule has 29 heavy (non-hydrogen) atoms. The lowest BCUT2D eigenvalue weighted by Crippen LogP contribution is -2.59. The van der Waals surface area contributed by atoms with Gasteiger partial charge < -0.3 is 16.0 Å². The lowest BCUT2D eigenvalue weighted by molar-refractivity contribution is -0.127. The molecule has 3 N–H and O–H groups in total. The van der Waals surface area contributed by atoms with Crippen molar-refractivity contribution in [3.05, 3.63) is 65.7 Å². The van der Waals surface area contributed by atoms with Crippen molar-refractivity contribution in [3.63, 3.8) is 0 Å². The van der Waals surface area contributed by atoms with E-state index >= 15 is 0 Å². The van der Waals surface area contributed by atoms with Gasteiger partial charge in [-0.2, -0.15) is 0 Å². The first-order valence-corrected chi connectivity index (χ1v) is 11.1. The van der Waals surface area contributed by atoms with Crippen molar-refractivity contribution < 1.29 is 9.59 Å². The van der Waals surface area contributed by atoms with Crippen LogP contribution in [0.3, 0.4) is 0 Å². The lowest BCUT2D eigenvalue weighted by Gasteiger charge is -2.29. The van der Waals surface area contributed by atoms with E-state index in [-0.39, 0.29) is 11.9 Å². The molecule has 0 bridgehead atoms. The third kappa shape index (κ3) is 6.26. The number of hydrogen-bond donors (Lipinski definition) is 3. The summed E-state index contributed by atoms with van der Waals surface area (Å²) in [6.45, 7) is 3.09. The number of hydrogen-bond acceptors (Lipinski definition) is 3. The van der Waals surface area contributed by atoms with Gasteiger partial charge in [0.1, 0.15) is 5.54 Å². The van der Waals surface area contributed by atoms with Crippen LogP contribution < -0.4 is 16.0 Å². The summed E-state index contributed by atoms with van der Waals surface area (Å²) in [4.78, 5) is 26.5. The van der Waals surface area contributed by atoms with Crippen LogP contribution in [0.2, 0.25) is 0 Å². The van der Waals surface area contributed by atoms with Gasteiger partial charge >= 0.3 is 6.03 Å². The molecule has 0 aliphatic heterocycles. The fourth-order valence-corrected chi connectivity index (χ4v) is 4.33. The minimum absolute atomic E-state index is 0.0747. The minimum atomic E-state index is -0.796. The summed E-state index contributed by atoms with van der Waals surface area (Å²) in [5.74, 6) is 0.722. The smallest absolute Gasteiger partial charge is 0.315 e. The van der Waals surface area contributed by atoms with Gasteiger partial charge in [-0.15, -0.1) is 11.8 Å². The van der Waals surface area contributed by atoms with E-state index in [1.165, 1.54) is 10.5 Å². The van der Waals surface area contributed by atoms with Gasteiger partial charge in [0.15, 0.2) is 0 Å². The molecule has 0 atom stereocenters. The molecule has 1 aliphatic rings. The number of rotatable bonds is 8. The van der Waals surface area contributed by atoms with E-state index in [9.17, 15) is 9.59 Å². The SMILES string of the molecule is Cc1ccc(SCCNC(=O)C2(NC(=O)NCc3ccccc3)CCCC2)cc1. The number of amides is 3. The molecule has 0 aromatic heterocycles. The van der Waals surface area contributed by atoms with Crippen molar-refractivity contribution in [3.8, 4) is 0 Å².